The zero-order chi connectivity index (χ0) is 19.6. The van der Waals surface area contributed by atoms with Crippen LogP contribution in [0.3, 0.4) is 0 Å². The van der Waals surface area contributed by atoms with Gasteiger partial charge in [-0.1, -0.05) is 6.07 Å². The molecule has 2 aromatic heterocycles. The smallest absolute Gasteiger partial charge is 0.232 e. The van der Waals surface area contributed by atoms with Gasteiger partial charge in [0.2, 0.25) is 5.88 Å². The number of ether oxygens (including phenoxy) is 3. The van der Waals surface area contributed by atoms with Crippen LogP contribution in [0.5, 0.6) is 17.4 Å². The molecule has 0 atom stereocenters. The van der Waals surface area contributed by atoms with Crippen molar-refractivity contribution in [2.75, 3.05) is 19.8 Å². The first-order valence-electron chi connectivity index (χ1n) is 9.79. The number of fused-ring (bicyclic) bond motifs is 2. The Morgan fingerprint density at radius 2 is 2.03 bits per heavy atom. The molecule has 5 rings (SSSR count). The van der Waals surface area contributed by atoms with Crippen molar-refractivity contribution in [2.45, 2.75) is 26.1 Å². The van der Waals surface area contributed by atoms with Crippen molar-refractivity contribution < 1.29 is 14.2 Å². The largest absolute Gasteiger partial charge is 0.486 e. The molecule has 3 aromatic rings. The molecule has 0 N–H and O–H groups in total. The summed E-state index contributed by atoms with van der Waals surface area (Å²) in [6, 6.07) is 6.21. The number of aryl methyl sites for hydroxylation is 1. The van der Waals surface area contributed by atoms with Gasteiger partial charge in [-0.2, -0.15) is 5.10 Å². The molecule has 0 saturated heterocycles. The summed E-state index contributed by atoms with van der Waals surface area (Å²) in [7, 11) is 2.00. The van der Waals surface area contributed by atoms with Crippen molar-refractivity contribution in [1.82, 2.24) is 24.6 Å². The Hall–Kier alpha value is -3.13. The summed E-state index contributed by atoms with van der Waals surface area (Å²) in [4.78, 5) is 10.6. The summed E-state index contributed by atoms with van der Waals surface area (Å²) in [5.74, 6) is 2.18. The fraction of sp³-hybridized carbons (Fsp3) is 0.381. The van der Waals surface area contributed by atoms with Crippen LogP contribution in [0.1, 0.15) is 22.5 Å². The average Bonchev–Trinajstić information content (AvgIpc) is 3.08. The van der Waals surface area contributed by atoms with Crippen LogP contribution in [-0.4, -0.2) is 44.4 Å². The molecule has 0 amide bonds. The monoisotopic (exact) mass is 393 g/mol. The van der Waals surface area contributed by atoms with Gasteiger partial charge >= 0.3 is 0 Å². The minimum Gasteiger partial charge on any atom is -0.486 e. The fourth-order valence-corrected chi connectivity index (χ4v) is 3.92. The second kappa shape index (κ2) is 7.71. The van der Waals surface area contributed by atoms with E-state index in [1.54, 1.807) is 18.6 Å². The van der Waals surface area contributed by atoms with E-state index in [1.807, 2.05) is 17.8 Å². The third-order valence-corrected chi connectivity index (χ3v) is 5.31. The van der Waals surface area contributed by atoms with Gasteiger partial charge in [-0.05, 0) is 17.7 Å². The van der Waals surface area contributed by atoms with Gasteiger partial charge < -0.3 is 14.2 Å². The van der Waals surface area contributed by atoms with Crippen LogP contribution in [0.15, 0.2) is 36.8 Å². The van der Waals surface area contributed by atoms with Crippen molar-refractivity contribution in [3.05, 3.63) is 59.3 Å². The molecule has 0 bridgehead atoms. The maximum Gasteiger partial charge on any atom is 0.232 e. The van der Waals surface area contributed by atoms with Crippen LogP contribution in [-0.2, 0) is 33.2 Å². The lowest BCUT2D eigenvalue weighted by Gasteiger charge is -2.28. The van der Waals surface area contributed by atoms with Gasteiger partial charge in [-0.15, -0.1) is 0 Å². The Labute approximate surface area is 169 Å². The van der Waals surface area contributed by atoms with E-state index >= 15 is 0 Å². The first-order valence-corrected chi connectivity index (χ1v) is 9.79. The Kier molecular flexibility index (Phi) is 4.77. The number of hydrogen-bond acceptors (Lipinski definition) is 7. The Bertz CT molecular complexity index is 1010. The van der Waals surface area contributed by atoms with Crippen molar-refractivity contribution in [1.29, 1.82) is 0 Å². The summed E-state index contributed by atoms with van der Waals surface area (Å²) in [5, 5.41) is 4.69. The molecule has 1 aromatic carbocycles. The van der Waals surface area contributed by atoms with Crippen LogP contribution < -0.4 is 14.2 Å². The molecule has 0 fully saturated rings. The van der Waals surface area contributed by atoms with E-state index in [0.717, 1.165) is 43.2 Å². The summed E-state index contributed by atoms with van der Waals surface area (Å²) < 4.78 is 19.1. The van der Waals surface area contributed by atoms with Gasteiger partial charge in [0.05, 0.1) is 6.20 Å². The maximum absolute atomic E-state index is 5.79. The first-order chi connectivity index (χ1) is 14.3. The molecule has 2 aliphatic rings. The predicted molar refractivity (Wildman–Crippen MR) is 105 cm³/mol. The van der Waals surface area contributed by atoms with E-state index in [9.17, 15) is 0 Å². The molecular weight excluding hydrogens is 370 g/mol. The van der Waals surface area contributed by atoms with Crippen LogP contribution >= 0.6 is 0 Å². The molecule has 0 aliphatic carbocycles. The quantitative estimate of drug-likeness (QED) is 0.657. The lowest BCUT2D eigenvalue weighted by Crippen LogP contribution is -2.31. The molecule has 0 radical (unpaired) electrons. The highest BCUT2D eigenvalue weighted by Gasteiger charge is 2.24. The standard InChI is InChI=1S/C21H23N5O3/c1-25-18-4-7-26(12-15-2-3-19-20(10-15)28-9-8-27-19)13-16(18)17(24-25)14-29-21-11-22-5-6-23-21/h2-3,5-6,10-11H,4,7-9,12-14H2,1H3. The summed E-state index contributed by atoms with van der Waals surface area (Å²) >= 11 is 0. The molecule has 29 heavy (non-hydrogen) atoms. The zero-order valence-corrected chi connectivity index (χ0v) is 16.4. The summed E-state index contributed by atoms with van der Waals surface area (Å²) in [5.41, 5.74) is 4.71. The molecule has 4 heterocycles. The molecule has 2 aliphatic heterocycles. The summed E-state index contributed by atoms with van der Waals surface area (Å²) in [6.45, 7) is 4.30. The highest BCUT2D eigenvalue weighted by atomic mass is 16.6. The molecule has 0 saturated carbocycles. The number of nitrogens with zero attached hydrogens (tertiary/aromatic N) is 5. The second-order valence-electron chi connectivity index (χ2n) is 7.27. The van der Waals surface area contributed by atoms with E-state index in [0.29, 0.717) is 25.7 Å². The third kappa shape index (κ3) is 3.75. The van der Waals surface area contributed by atoms with E-state index in [2.05, 4.69) is 32.1 Å². The van der Waals surface area contributed by atoms with Crippen molar-refractivity contribution >= 4 is 0 Å². The number of rotatable bonds is 5. The zero-order valence-electron chi connectivity index (χ0n) is 16.4. The normalized spacial score (nSPS) is 15.8. The number of benzene rings is 1. The topological polar surface area (TPSA) is 74.5 Å². The summed E-state index contributed by atoms with van der Waals surface area (Å²) in [6.07, 6.45) is 5.83. The third-order valence-electron chi connectivity index (χ3n) is 5.31. The van der Waals surface area contributed by atoms with Gasteiger partial charge in [-0.3, -0.25) is 14.6 Å². The lowest BCUT2D eigenvalue weighted by atomic mass is 10.0. The van der Waals surface area contributed by atoms with Crippen molar-refractivity contribution in [3.8, 4) is 17.4 Å². The molecular formula is C21H23N5O3. The van der Waals surface area contributed by atoms with Crippen LogP contribution in [0, 0.1) is 0 Å². The lowest BCUT2D eigenvalue weighted by molar-refractivity contribution is 0.171. The first kappa shape index (κ1) is 17.9. The highest BCUT2D eigenvalue weighted by Crippen LogP contribution is 2.32. The Balaban J connectivity index is 1.30. The Morgan fingerprint density at radius 3 is 2.90 bits per heavy atom. The maximum atomic E-state index is 5.79. The minimum atomic E-state index is 0.389. The van der Waals surface area contributed by atoms with Gasteiger partial charge in [0, 0.05) is 56.8 Å². The Morgan fingerprint density at radius 1 is 1.14 bits per heavy atom. The van der Waals surface area contributed by atoms with E-state index in [1.165, 1.54) is 16.8 Å². The molecule has 0 unspecified atom stereocenters. The van der Waals surface area contributed by atoms with Crippen molar-refractivity contribution in [2.24, 2.45) is 7.05 Å². The van der Waals surface area contributed by atoms with E-state index in [4.69, 9.17) is 14.2 Å². The molecule has 150 valence electrons. The van der Waals surface area contributed by atoms with E-state index in [-0.39, 0.29) is 0 Å². The predicted octanol–water partition coefficient (Wildman–Crippen LogP) is 2.12. The number of hydrogen-bond donors (Lipinski definition) is 0. The fourth-order valence-electron chi connectivity index (χ4n) is 3.92. The van der Waals surface area contributed by atoms with Gasteiger partial charge in [-0.25, -0.2) is 4.98 Å². The van der Waals surface area contributed by atoms with Crippen LogP contribution in [0.25, 0.3) is 0 Å². The highest BCUT2D eigenvalue weighted by molar-refractivity contribution is 5.44. The minimum absolute atomic E-state index is 0.389. The average molecular weight is 393 g/mol. The van der Waals surface area contributed by atoms with Gasteiger partial charge in [0.25, 0.3) is 0 Å². The molecule has 0 spiro atoms. The van der Waals surface area contributed by atoms with Gasteiger partial charge in [0.15, 0.2) is 11.5 Å². The number of aromatic nitrogens is 4. The van der Waals surface area contributed by atoms with Crippen molar-refractivity contribution in [3.63, 3.8) is 0 Å². The SMILES string of the molecule is Cn1nc(COc2cnccn2)c2c1CCN(Cc1ccc3c(c1)OCCO3)C2. The van der Waals surface area contributed by atoms with E-state index < -0.39 is 0 Å². The second-order valence-corrected chi connectivity index (χ2v) is 7.27. The van der Waals surface area contributed by atoms with Gasteiger partial charge in [0.1, 0.15) is 25.5 Å². The van der Waals surface area contributed by atoms with Crippen LogP contribution in [0.4, 0.5) is 0 Å². The molecule has 8 heteroatoms. The molecule has 8 nitrogen and oxygen atoms in total. The van der Waals surface area contributed by atoms with Crippen LogP contribution in [0.2, 0.25) is 0 Å².